The lowest BCUT2D eigenvalue weighted by atomic mass is 10.1. The van der Waals surface area contributed by atoms with Crippen molar-refractivity contribution >= 4 is 5.82 Å². The van der Waals surface area contributed by atoms with Crippen molar-refractivity contribution in [2.45, 2.75) is 25.9 Å². The Labute approximate surface area is 154 Å². The van der Waals surface area contributed by atoms with Crippen molar-refractivity contribution in [3.05, 3.63) is 66.1 Å². The standard InChI is InChI=1S/C21H25N5/c1-16-12-21(25(2)24-16)26-11-10-20(15-26)23-14-19-9-8-18(13-22-19)17-6-4-3-5-7-17/h3-9,12-13,20,23H,10-11,14-15H2,1-2H3. The summed E-state index contributed by atoms with van der Waals surface area (Å²) in [6, 6.07) is 17.3. The number of pyridine rings is 1. The van der Waals surface area contributed by atoms with E-state index in [-0.39, 0.29) is 0 Å². The second kappa shape index (κ2) is 7.30. The van der Waals surface area contributed by atoms with E-state index in [0.29, 0.717) is 6.04 Å². The zero-order chi connectivity index (χ0) is 17.9. The van der Waals surface area contributed by atoms with Crippen LogP contribution in [0.4, 0.5) is 5.82 Å². The van der Waals surface area contributed by atoms with Crippen LogP contribution in [-0.2, 0) is 13.6 Å². The largest absolute Gasteiger partial charge is 0.355 e. The topological polar surface area (TPSA) is 46.0 Å². The van der Waals surface area contributed by atoms with E-state index in [9.17, 15) is 0 Å². The molecule has 1 saturated heterocycles. The van der Waals surface area contributed by atoms with Crippen LogP contribution in [0.3, 0.4) is 0 Å². The highest BCUT2D eigenvalue weighted by Gasteiger charge is 2.24. The summed E-state index contributed by atoms with van der Waals surface area (Å²) in [6.07, 6.45) is 3.11. The highest BCUT2D eigenvalue weighted by molar-refractivity contribution is 5.62. The number of hydrogen-bond acceptors (Lipinski definition) is 4. The summed E-state index contributed by atoms with van der Waals surface area (Å²) in [7, 11) is 2.02. The molecule has 1 unspecified atom stereocenters. The lowest BCUT2D eigenvalue weighted by Gasteiger charge is -2.18. The van der Waals surface area contributed by atoms with E-state index in [1.165, 1.54) is 11.4 Å². The Morgan fingerprint density at radius 1 is 1.12 bits per heavy atom. The van der Waals surface area contributed by atoms with Gasteiger partial charge in [-0.1, -0.05) is 36.4 Å². The molecule has 134 valence electrons. The number of benzene rings is 1. The van der Waals surface area contributed by atoms with E-state index < -0.39 is 0 Å². The van der Waals surface area contributed by atoms with E-state index in [1.807, 2.05) is 30.9 Å². The SMILES string of the molecule is Cc1cc(N2CCC(NCc3ccc(-c4ccccc4)cn3)C2)n(C)n1. The molecule has 0 aliphatic carbocycles. The Balaban J connectivity index is 1.33. The average molecular weight is 347 g/mol. The molecule has 0 bridgehead atoms. The fraction of sp³-hybridized carbons (Fsp3) is 0.333. The van der Waals surface area contributed by atoms with Gasteiger partial charge in [-0.05, 0) is 25.0 Å². The molecule has 0 spiro atoms. The number of anilines is 1. The summed E-state index contributed by atoms with van der Waals surface area (Å²) in [5, 5.41) is 8.10. The van der Waals surface area contributed by atoms with Crippen molar-refractivity contribution in [1.82, 2.24) is 20.1 Å². The van der Waals surface area contributed by atoms with Crippen molar-refractivity contribution in [3.8, 4) is 11.1 Å². The molecule has 1 fully saturated rings. The third-order valence-electron chi connectivity index (χ3n) is 4.99. The van der Waals surface area contributed by atoms with Gasteiger partial charge in [-0.3, -0.25) is 9.67 Å². The van der Waals surface area contributed by atoms with Gasteiger partial charge in [-0.25, -0.2) is 0 Å². The van der Waals surface area contributed by atoms with Crippen LogP contribution in [-0.4, -0.2) is 33.9 Å². The third kappa shape index (κ3) is 3.63. The smallest absolute Gasteiger partial charge is 0.126 e. The van der Waals surface area contributed by atoms with E-state index in [0.717, 1.165) is 43.0 Å². The first kappa shape index (κ1) is 16.8. The zero-order valence-corrected chi connectivity index (χ0v) is 15.4. The van der Waals surface area contributed by atoms with Crippen LogP contribution < -0.4 is 10.2 Å². The predicted octanol–water partition coefficient (Wildman–Crippen LogP) is 3.16. The molecule has 0 amide bonds. The summed E-state index contributed by atoms with van der Waals surface area (Å²) < 4.78 is 1.97. The van der Waals surface area contributed by atoms with E-state index in [1.54, 1.807) is 0 Å². The summed E-state index contributed by atoms with van der Waals surface area (Å²) in [5.74, 6) is 1.21. The molecule has 4 rings (SSSR count). The van der Waals surface area contributed by atoms with Gasteiger partial charge in [0.15, 0.2) is 0 Å². The lowest BCUT2D eigenvalue weighted by Crippen LogP contribution is -2.32. The number of aromatic nitrogens is 3. The molecule has 3 heterocycles. The maximum absolute atomic E-state index is 4.62. The van der Waals surface area contributed by atoms with Gasteiger partial charge in [-0.2, -0.15) is 5.10 Å². The van der Waals surface area contributed by atoms with Gasteiger partial charge in [0, 0.05) is 50.6 Å². The van der Waals surface area contributed by atoms with Crippen LogP contribution in [0.25, 0.3) is 11.1 Å². The molecule has 2 aromatic heterocycles. The Hall–Kier alpha value is -2.66. The van der Waals surface area contributed by atoms with Crippen LogP contribution in [0.2, 0.25) is 0 Å². The molecule has 26 heavy (non-hydrogen) atoms. The number of nitrogens with zero attached hydrogens (tertiary/aromatic N) is 4. The third-order valence-corrected chi connectivity index (χ3v) is 4.99. The second-order valence-corrected chi connectivity index (χ2v) is 6.98. The van der Waals surface area contributed by atoms with Gasteiger partial charge in [0.05, 0.1) is 11.4 Å². The molecule has 5 nitrogen and oxygen atoms in total. The molecular formula is C21H25N5. The van der Waals surface area contributed by atoms with Gasteiger partial charge in [0.2, 0.25) is 0 Å². The van der Waals surface area contributed by atoms with Crippen molar-refractivity contribution in [1.29, 1.82) is 0 Å². The molecule has 1 N–H and O–H groups in total. The van der Waals surface area contributed by atoms with Gasteiger partial charge < -0.3 is 10.2 Å². The Morgan fingerprint density at radius 3 is 2.65 bits per heavy atom. The first-order chi connectivity index (χ1) is 12.7. The Morgan fingerprint density at radius 2 is 1.96 bits per heavy atom. The Bertz CT molecular complexity index is 854. The van der Waals surface area contributed by atoms with Gasteiger partial charge in [0.25, 0.3) is 0 Å². The monoisotopic (exact) mass is 347 g/mol. The minimum absolute atomic E-state index is 0.487. The second-order valence-electron chi connectivity index (χ2n) is 6.98. The predicted molar refractivity (Wildman–Crippen MR) is 105 cm³/mol. The lowest BCUT2D eigenvalue weighted by molar-refractivity contribution is 0.545. The average Bonchev–Trinajstić information content (AvgIpc) is 3.27. The Kier molecular flexibility index (Phi) is 4.71. The van der Waals surface area contributed by atoms with Crippen LogP contribution in [0, 0.1) is 6.92 Å². The van der Waals surface area contributed by atoms with Crippen LogP contribution in [0.1, 0.15) is 17.8 Å². The number of rotatable bonds is 5. The first-order valence-electron chi connectivity index (χ1n) is 9.18. The van der Waals surface area contributed by atoms with Crippen molar-refractivity contribution < 1.29 is 0 Å². The summed E-state index contributed by atoms with van der Waals surface area (Å²) >= 11 is 0. The van der Waals surface area contributed by atoms with Crippen molar-refractivity contribution in [3.63, 3.8) is 0 Å². The summed E-state index contributed by atoms with van der Waals surface area (Å²) in [5.41, 5.74) is 4.52. The zero-order valence-electron chi connectivity index (χ0n) is 15.4. The molecule has 1 atom stereocenters. The van der Waals surface area contributed by atoms with E-state index in [4.69, 9.17) is 0 Å². The molecular weight excluding hydrogens is 322 g/mol. The van der Waals surface area contributed by atoms with E-state index in [2.05, 4.69) is 62.8 Å². The first-order valence-corrected chi connectivity index (χ1v) is 9.18. The molecule has 1 aliphatic rings. The van der Waals surface area contributed by atoms with E-state index >= 15 is 0 Å². The van der Waals surface area contributed by atoms with Gasteiger partial charge in [-0.15, -0.1) is 0 Å². The maximum atomic E-state index is 4.62. The highest BCUT2D eigenvalue weighted by atomic mass is 15.4. The number of nitrogens with one attached hydrogen (secondary N) is 1. The summed E-state index contributed by atoms with van der Waals surface area (Å²) in [6.45, 7) is 4.93. The minimum atomic E-state index is 0.487. The fourth-order valence-corrected chi connectivity index (χ4v) is 3.61. The number of aryl methyl sites for hydroxylation is 2. The normalized spacial score (nSPS) is 17.0. The molecule has 1 aliphatic heterocycles. The highest BCUT2D eigenvalue weighted by Crippen LogP contribution is 2.21. The fourth-order valence-electron chi connectivity index (χ4n) is 3.61. The maximum Gasteiger partial charge on any atom is 0.126 e. The molecule has 3 aromatic rings. The molecule has 0 saturated carbocycles. The summed E-state index contributed by atoms with van der Waals surface area (Å²) in [4.78, 5) is 7.03. The van der Waals surface area contributed by atoms with Gasteiger partial charge >= 0.3 is 0 Å². The van der Waals surface area contributed by atoms with Crippen molar-refractivity contribution in [2.75, 3.05) is 18.0 Å². The van der Waals surface area contributed by atoms with Crippen molar-refractivity contribution in [2.24, 2.45) is 7.05 Å². The van der Waals surface area contributed by atoms with Gasteiger partial charge in [0.1, 0.15) is 5.82 Å². The molecule has 1 aromatic carbocycles. The molecule has 5 heteroatoms. The van der Waals surface area contributed by atoms with Crippen LogP contribution in [0.15, 0.2) is 54.7 Å². The molecule has 0 radical (unpaired) electrons. The van der Waals surface area contributed by atoms with Crippen LogP contribution >= 0.6 is 0 Å². The quantitative estimate of drug-likeness (QED) is 0.770. The minimum Gasteiger partial charge on any atom is -0.355 e. The number of hydrogen-bond donors (Lipinski definition) is 1. The van der Waals surface area contributed by atoms with Crippen LogP contribution in [0.5, 0.6) is 0 Å².